The second-order valence-electron chi connectivity index (χ2n) is 7.62. The van der Waals surface area contributed by atoms with Crippen molar-refractivity contribution in [2.75, 3.05) is 5.32 Å². The van der Waals surface area contributed by atoms with Gasteiger partial charge >= 0.3 is 5.69 Å². The van der Waals surface area contributed by atoms with Gasteiger partial charge in [0.1, 0.15) is 5.82 Å². The lowest BCUT2D eigenvalue weighted by Crippen LogP contribution is -2.31. The van der Waals surface area contributed by atoms with E-state index < -0.39 is 11.2 Å². The van der Waals surface area contributed by atoms with Crippen LogP contribution in [0.15, 0.2) is 27.8 Å². The molecule has 0 saturated heterocycles. The summed E-state index contributed by atoms with van der Waals surface area (Å²) in [5, 5.41) is 3.51. The third kappa shape index (κ3) is 5.07. The van der Waals surface area contributed by atoms with Crippen molar-refractivity contribution in [1.29, 1.82) is 0 Å². The number of nitrogens with one attached hydrogen (secondary N) is 2. The standard InChI is InChI=1S/C22H28ClN5O3/c1-4-6-12-27-17(9-10-18(29)24-16-8-7-15(23)13-14(16)3)25-20-19(27)21(30)26-22(31)28(20)11-5-2/h7-8,13H,4-6,9-12H2,1-3H3,(H,24,29)(H,26,30,31). The zero-order valence-electron chi connectivity index (χ0n) is 18.1. The van der Waals surface area contributed by atoms with E-state index in [1.165, 1.54) is 4.57 Å². The number of imidazole rings is 1. The van der Waals surface area contributed by atoms with Gasteiger partial charge in [-0.3, -0.25) is 19.1 Å². The van der Waals surface area contributed by atoms with E-state index in [0.29, 0.717) is 47.2 Å². The van der Waals surface area contributed by atoms with Crippen molar-refractivity contribution in [2.45, 2.75) is 66.0 Å². The van der Waals surface area contributed by atoms with Crippen LogP contribution < -0.4 is 16.6 Å². The fourth-order valence-corrected chi connectivity index (χ4v) is 3.83. The Morgan fingerprint density at radius 3 is 2.61 bits per heavy atom. The van der Waals surface area contributed by atoms with Gasteiger partial charge in [-0.15, -0.1) is 0 Å². The number of hydrogen-bond donors (Lipinski definition) is 2. The molecule has 2 N–H and O–H groups in total. The van der Waals surface area contributed by atoms with Crippen LogP contribution >= 0.6 is 11.6 Å². The highest BCUT2D eigenvalue weighted by Crippen LogP contribution is 2.20. The smallest absolute Gasteiger partial charge is 0.326 e. The van der Waals surface area contributed by atoms with Crippen LogP contribution in [0.1, 0.15) is 50.9 Å². The largest absolute Gasteiger partial charge is 0.330 e. The Bertz CT molecular complexity index is 1210. The average molecular weight is 446 g/mol. The van der Waals surface area contributed by atoms with Gasteiger partial charge in [0, 0.05) is 36.6 Å². The summed E-state index contributed by atoms with van der Waals surface area (Å²) in [6, 6.07) is 5.29. The fraction of sp³-hybridized carbons (Fsp3) is 0.455. The van der Waals surface area contributed by atoms with Gasteiger partial charge < -0.3 is 9.88 Å². The van der Waals surface area contributed by atoms with Gasteiger partial charge in [0.15, 0.2) is 11.2 Å². The summed E-state index contributed by atoms with van der Waals surface area (Å²) in [7, 11) is 0. The van der Waals surface area contributed by atoms with Crippen LogP contribution in [0, 0.1) is 6.92 Å². The number of rotatable bonds is 9. The first-order valence-electron chi connectivity index (χ1n) is 10.6. The predicted molar refractivity (Wildman–Crippen MR) is 123 cm³/mol. The van der Waals surface area contributed by atoms with Gasteiger partial charge in [-0.1, -0.05) is 31.9 Å². The third-order valence-electron chi connectivity index (χ3n) is 5.19. The number of H-pyrrole nitrogens is 1. The van der Waals surface area contributed by atoms with E-state index in [2.05, 4.69) is 22.2 Å². The van der Waals surface area contributed by atoms with Gasteiger partial charge in [-0.05, 0) is 43.5 Å². The van der Waals surface area contributed by atoms with Gasteiger partial charge in [0.2, 0.25) is 5.91 Å². The van der Waals surface area contributed by atoms with E-state index >= 15 is 0 Å². The maximum Gasteiger partial charge on any atom is 0.330 e. The Balaban J connectivity index is 1.90. The van der Waals surface area contributed by atoms with E-state index in [1.54, 1.807) is 18.2 Å². The van der Waals surface area contributed by atoms with Crippen molar-refractivity contribution in [2.24, 2.45) is 0 Å². The summed E-state index contributed by atoms with van der Waals surface area (Å²) in [5.74, 6) is 0.478. The summed E-state index contributed by atoms with van der Waals surface area (Å²) >= 11 is 5.98. The molecule has 0 fully saturated rings. The number of aryl methyl sites for hydroxylation is 4. The van der Waals surface area contributed by atoms with Crippen LogP contribution in [0.3, 0.4) is 0 Å². The molecule has 3 aromatic rings. The maximum absolute atomic E-state index is 12.6. The Hall–Kier alpha value is -2.87. The number of benzene rings is 1. The first-order valence-corrected chi connectivity index (χ1v) is 11.0. The molecule has 31 heavy (non-hydrogen) atoms. The average Bonchev–Trinajstić information content (AvgIpc) is 3.09. The van der Waals surface area contributed by atoms with E-state index in [-0.39, 0.29) is 12.3 Å². The highest BCUT2D eigenvalue weighted by Gasteiger charge is 2.19. The lowest BCUT2D eigenvalue weighted by molar-refractivity contribution is -0.116. The summed E-state index contributed by atoms with van der Waals surface area (Å²) in [6.07, 6.45) is 3.11. The highest BCUT2D eigenvalue weighted by atomic mass is 35.5. The van der Waals surface area contributed by atoms with Crippen molar-refractivity contribution in [3.63, 3.8) is 0 Å². The predicted octanol–water partition coefficient (Wildman–Crippen LogP) is 3.63. The molecule has 8 nitrogen and oxygen atoms in total. The maximum atomic E-state index is 12.6. The molecule has 0 spiro atoms. The zero-order chi connectivity index (χ0) is 22.5. The molecule has 3 rings (SSSR count). The molecule has 0 bridgehead atoms. The molecule has 166 valence electrons. The quantitative estimate of drug-likeness (QED) is 0.525. The summed E-state index contributed by atoms with van der Waals surface area (Å²) in [4.78, 5) is 44.4. The van der Waals surface area contributed by atoms with Gasteiger partial charge in [-0.2, -0.15) is 0 Å². The Morgan fingerprint density at radius 1 is 1.16 bits per heavy atom. The monoisotopic (exact) mass is 445 g/mol. The molecule has 2 aromatic heterocycles. The molecular weight excluding hydrogens is 418 g/mol. The number of unbranched alkanes of at least 4 members (excludes halogenated alkanes) is 1. The second-order valence-corrected chi connectivity index (χ2v) is 8.06. The molecule has 2 heterocycles. The molecule has 0 aliphatic heterocycles. The lowest BCUT2D eigenvalue weighted by atomic mass is 10.2. The van der Waals surface area contributed by atoms with Crippen LogP contribution in [-0.4, -0.2) is 25.0 Å². The van der Waals surface area contributed by atoms with Crippen molar-refractivity contribution in [1.82, 2.24) is 19.1 Å². The normalized spacial score (nSPS) is 11.2. The molecule has 9 heteroatoms. The molecule has 1 aromatic carbocycles. The number of fused-ring (bicyclic) bond motifs is 1. The van der Waals surface area contributed by atoms with E-state index in [4.69, 9.17) is 11.6 Å². The number of hydrogen-bond acceptors (Lipinski definition) is 4. The SMILES string of the molecule is CCCCn1c(CCC(=O)Nc2ccc(Cl)cc2C)nc2c1c(=O)[nH]c(=O)n2CCC. The van der Waals surface area contributed by atoms with Crippen LogP contribution in [0.4, 0.5) is 5.69 Å². The molecule has 0 radical (unpaired) electrons. The summed E-state index contributed by atoms with van der Waals surface area (Å²) in [6.45, 7) is 6.98. The molecule has 0 unspecified atom stereocenters. The number of anilines is 1. The minimum Gasteiger partial charge on any atom is -0.326 e. The van der Waals surface area contributed by atoms with Crippen LogP contribution in [0.25, 0.3) is 11.2 Å². The first-order chi connectivity index (χ1) is 14.8. The number of carbonyl (C=O) groups excluding carboxylic acids is 1. The van der Waals surface area contributed by atoms with Crippen molar-refractivity contribution in [3.8, 4) is 0 Å². The van der Waals surface area contributed by atoms with Gasteiger partial charge in [-0.25, -0.2) is 9.78 Å². The minimum absolute atomic E-state index is 0.153. The van der Waals surface area contributed by atoms with Crippen molar-refractivity contribution < 1.29 is 4.79 Å². The molecule has 1 amide bonds. The topological polar surface area (TPSA) is 102 Å². The van der Waals surface area contributed by atoms with Crippen LogP contribution in [0.5, 0.6) is 0 Å². The second kappa shape index (κ2) is 9.96. The minimum atomic E-state index is -0.456. The van der Waals surface area contributed by atoms with E-state index in [1.807, 2.05) is 18.4 Å². The molecule has 0 atom stereocenters. The number of nitrogens with zero attached hydrogens (tertiary/aromatic N) is 3. The van der Waals surface area contributed by atoms with Crippen LogP contribution in [0.2, 0.25) is 5.02 Å². The number of halogens is 1. The third-order valence-corrected chi connectivity index (χ3v) is 5.42. The molecule has 0 aliphatic carbocycles. The van der Waals surface area contributed by atoms with Crippen LogP contribution in [-0.2, 0) is 24.3 Å². The zero-order valence-corrected chi connectivity index (χ0v) is 18.9. The number of carbonyl (C=O) groups is 1. The van der Waals surface area contributed by atoms with Gasteiger partial charge in [0.05, 0.1) is 0 Å². The highest BCUT2D eigenvalue weighted by molar-refractivity contribution is 6.30. The number of aromatic amines is 1. The first kappa shape index (κ1) is 22.8. The van der Waals surface area contributed by atoms with E-state index in [9.17, 15) is 14.4 Å². The Morgan fingerprint density at radius 2 is 1.94 bits per heavy atom. The molecule has 0 aliphatic rings. The molecular formula is C22H28ClN5O3. The molecule has 0 saturated carbocycles. The lowest BCUT2D eigenvalue weighted by Gasteiger charge is -2.10. The summed E-state index contributed by atoms with van der Waals surface area (Å²) in [5.41, 5.74) is 1.47. The van der Waals surface area contributed by atoms with E-state index in [0.717, 1.165) is 24.8 Å². The van der Waals surface area contributed by atoms with Crippen molar-refractivity contribution >= 4 is 34.4 Å². The number of amides is 1. The fourth-order valence-electron chi connectivity index (χ4n) is 3.60. The Kier molecular flexibility index (Phi) is 7.33. The van der Waals surface area contributed by atoms with Crippen molar-refractivity contribution in [3.05, 3.63) is 55.4 Å². The summed E-state index contributed by atoms with van der Waals surface area (Å²) < 4.78 is 3.35. The number of aromatic nitrogens is 4. The van der Waals surface area contributed by atoms with Gasteiger partial charge in [0.25, 0.3) is 5.56 Å². The Labute approximate surface area is 185 Å².